The van der Waals surface area contributed by atoms with Crippen molar-refractivity contribution in [2.75, 3.05) is 18.5 Å². The molecule has 1 saturated heterocycles. The Bertz CT molecular complexity index is 1090. The molecule has 1 aliphatic rings. The molecule has 0 unspecified atom stereocenters. The van der Waals surface area contributed by atoms with Crippen LogP contribution in [-0.2, 0) is 4.74 Å². The molecule has 1 atom stereocenters. The molecular formula is C22H19ClN4O2. The van der Waals surface area contributed by atoms with Crippen molar-refractivity contribution in [3.05, 3.63) is 76.2 Å². The van der Waals surface area contributed by atoms with Gasteiger partial charge < -0.3 is 10.1 Å². The average Bonchev–Trinajstić information content (AvgIpc) is 3.38. The first-order chi connectivity index (χ1) is 14.1. The summed E-state index contributed by atoms with van der Waals surface area (Å²) in [5.41, 5.74) is 2.83. The topological polar surface area (TPSA) is 69.0 Å². The molecule has 3 aromatic rings. The summed E-state index contributed by atoms with van der Waals surface area (Å²) in [6, 6.07) is 11.6. The molecule has 29 heavy (non-hydrogen) atoms. The Labute approximate surface area is 173 Å². The van der Waals surface area contributed by atoms with E-state index >= 15 is 0 Å². The summed E-state index contributed by atoms with van der Waals surface area (Å²) in [5.74, 6) is 6.31. The Morgan fingerprint density at radius 3 is 2.76 bits per heavy atom. The first-order valence-corrected chi connectivity index (χ1v) is 9.65. The second-order valence-electron chi connectivity index (χ2n) is 6.76. The van der Waals surface area contributed by atoms with Crippen LogP contribution in [0.5, 0.6) is 0 Å². The molecule has 1 fully saturated rings. The predicted molar refractivity (Wildman–Crippen MR) is 111 cm³/mol. The smallest absolute Gasteiger partial charge is 0.276 e. The van der Waals surface area contributed by atoms with E-state index < -0.39 is 0 Å². The number of nitrogens with one attached hydrogen (secondary N) is 1. The minimum absolute atomic E-state index is 0.00735. The minimum atomic E-state index is -0.349. The molecule has 0 saturated carbocycles. The number of anilines is 1. The first kappa shape index (κ1) is 19.2. The quantitative estimate of drug-likeness (QED) is 0.671. The lowest BCUT2D eigenvalue weighted by Crippen LogP contribution is -2.22. The van der Waals surface area contributed by atoms with Crippen LogP contribution in [0.15, 0.2) is 48.8 Å². The summed E-state index contributed by atoms with van der Waals surface area (Å²) < 4.78 is 7.04. The van der Waals surface area contributed by atoms with E-state index in [0.717, 1.165) is 23.1 Å². The Kier molecular flexibility index (Phi) is 5.61. The van der Waals surface area contributed by atoms with E-state index in [1.165, 1.54) is 6.20 Å². The monoisotopic (exact) mass is 406 g/mol. The number of halogens is 1. The normalized spacial score (nSPS) is 15.6. The van der Waals surface area contributed by atoms with Crippen molar-refractivity contribution < 1.29 is 9.53 Å². The molecule has 1 aliphatic heterocycles. The molecule has 6 nitrogen and oxygen atoms in total. The summed E-state index contributed by atoms with van der Waals surface area (Å²) in [6.45, 7) is 3.04. The molecule has 0 spiro atoms. The van der Waals surface area contributed by atoms with Gasteiger partial charge in [0, 0.05) is 23.9 Å². The summed E-state index contributed by atoms with van der Waals surface area (Å²) in [6.07, 6.45) is 3.92. The third kappa shape index (κ3) is 4.32. The Morgan fingerprint density at radius 1 is 1.24 bits per heavy atom. The third-order valence-electron chi connectivity index (χ3n) is 4.65. The maximum atomic E-state index is 12.9. The molecule has 0 bridgehead atoms. The van der Waals surface area contributed by atoms with Gasteiger partial charge >= 0.3 is 0 Å². The molecule has 4 rings (SSSR count). The number of carbonyl (C=O) groups excluding carboxylic acids is 1. The fourth-order valence-electron chi connectivity index (χ4n) is 3.15. The van der Waals surface area contributed by atoms with Crippen LogP contribution in [-0.4, -0.2) is 33.9 Å². The molecule has 1 amide bonds. The van der Waals surface area contributed by atoms with Gasteiger partial charge in [0.15, 0.2) is 0 Å². The van der Waals surface area contributed by atoms with E-state index in [4.69, 9.17) is 16.3 Å². The lowest BCUT2D eigenvalue weighted by molar-refractivity contribution is 0.101. The van der Waals surface area contributed by atoms with Crippen molar-refractivity contribution >= 4 is 23.3 Å². The molecule has 1 aromatic carbocycles. The zero-order valence-electron chi connectivity index (χ0n) is 15.9. The second kappa shape index (κ2) is 8.48. The SMILES string of the molecule is Cc1cc(C#Cc2ccccc2)cnc1NC(=O)c1c(Cl)cnn1[C@H]1CCOC1. The Balaban J connectivity index is 1.52. The number of hydrogen-bond donors (Lipinski definition) is 1. The fraction of sp³-hybridized carbons (Fsp3) is 0.227. The summed E-state index contributed by atoms with van der Waals surface area (Å²) >= 11 is 6.23. The van der Waals surface area contributed by atoms with Crippen molar-refractivity contribution in [2.24, 2.45) is 0 Å². The molecule has 2 aromatic heterocycles. The number of hydrogen-bond acceptors (Lipinski definition) is 4. The Morgan fingerprint density at radius 2 is 2.03 bits per heavy atom. The highest BCUT2D eigenvalue weighted by atomic mass is 35.5. The van der Waals surface area contributed by atoms with Crippen molar-refractivity contribution in [3.8, 4) is 11.8 Å². The summed E-state index contributed by atoms with van der Waals surface area (Å²) in [7, 11) is 0. The van der Waals surface area contributed by atoms with E-state index in [9.17, 15) is 4.79 Å². The number of ether oxygens (including phenoxy) is 1. The fourth-order valence-corrected chi connectivity index (χ4v) is 3.37. The van der Waals surface area contributed by atoms with Gasteiger partial charge in [-0.3, -0.25) is 9.48 Å². The van der Waals surface area contributed by atoms with E-state index in [-0.39, 0.29) is 11.9 Å². The van der Waals surface area contributed by atoms with Gasteiger partial charge in [0.1, 0.15) is 11.5 Å². The first-order valence-electron chi connectivity index (χ1n) is 9.27. The predicted octanol–water partition coefficient (Wildman–Crippen LogP) is 3.85. The number of rotatable bonds is 3. The maximum absolute atomic E-state index is 12.9. The molecule has 3 heterocycles. The van der Waals surface area contributed by atoms with Crippen LogP contribution in [0.2, 0.25) is 5.02 Å². The molecule has 146 valence electrons. The lowest BCUT2D eigenvalue weighted by atomic mass is 10.1. The molecule has 0 aliphatic carbocycles. The van der Waals surface area contributed by atoms with Gasteiger partial charge in [-0.15, -0.1) is 0 Å². The van der Waals surface area contributed by atoms with Crippen LogP contribution >= 0.6 is 11.6 Å². The Hall–Kier alpha value is -3.14. The van der Waals surface area contributed by atoms with E-state index in [2.05, 4.69) is 27.2 Å². The van der Waals surface area contributed by atoms with Crippen LogP contribution in [0.1, 0.15) is 39.6 Å². The lowest BCUT2D eigenvalue weighted by Gasteiger charge is -2.13. The standard InChI is InChI=1S/C22H19ClN4O2/c1-15-11-17(8-7-16-5-3-2-4-6-16)12-24-21(15)26-22(28)20-19(23)13-25-27(20)18-9-10-29-14-18/h2-6,11-13,18H,9-10,14H2,1H3,(H,24,26,28)/t18-/m0/s1. The van der Waals surface area contributed by atoms with Crippen molar-refractivity contribution in [3.63, 3.8) is 0 Å². The number of pyridine rings is 1. The van der Waals surface area contributed by atoms with Crippen LogP contribution in [0.3, 0.4) is 0 Å². The molecule has 7 heteroatoms. The van der Waals surface area contributed by atoms with Gasteiger partial charge in [-0.1, -0.05) is 41.6 Å². The van der Waals surface area contributed by atoms with Gasteiger partial charge in [-0.25, -0.2) is 4.98 Å². The van der Waals surface area contributed by atoms with E-state index in [1.807, 2.05) is 43.3 Å². The number of aryl methyl sites for hydroxylation is 1. The van der Waals surface area contributed by atoms with Gasteiger partial charge in [0.25, 0.3) is 5.91 Å². The number of nitrogens with zero attached hydrogens (tertiary/aromatic N) is 3. The van der Waals surface area contributed by atoms with Crippen molar-refractivity contribution in [1.29, 1.82) is 0 Å². The van der Waals surface area contributed by atoms with Gasteiger partial charge in [0.05, 0.1) is 23.9 Å². The van der Waals surface area contributed by atoms with Gasteiger partial charge in [-0.05, 0) is 37.1 Å². The van der Waals surface area contributed by atoms with Crippen LogP contribution in [0.25, 0.3) is 0 Å². The zero-order valence-corrected chi connectivity index (χ0v) is 16.6. The number of aromatic nitrogens is 3. The second-order valence-corrected chi connectivity index (χ2v) is 7.17. The maximum Gasteiger partial charge on any atom is 0.276 e. The van der Waals surface area contributed by atoms with E-state index in [1.54, 1.807) is 10.9 Å². The van der Waals surface area contributed by atoms with Gasteiger partial charge in [-0.2, -0.15) is 5.10 Å². The van der Waals surface area contributed by atoms with Crippen molar-refractivity contribution in [1.82, 2.24) is 14.8 Å². The third-order valence-corrected chi connectivity index (χ3v) is 4.93. The highest BCUT2D eigenvalue weighted by molar-refractivity contribution is 6.34. The highest BCUT2D eigenvalue weighted by Gasteiger charge is 2.26. The number of benzene rings is 1. The highest BCUT2D eigenvalue weighted by Crippen LogP contribution is 2.25. The zero-order chi connectivity index (χ0) is 20.2. The summed E-state index contributed by atoms with van der Waals surface area (Å²) in [4.78, 5) is 17.2. The molecular weight excluding hydrogens is 388 g/mol. The van der Waals surface area contributed by atoms with Crippen LogP contribution in [0.4, 0.5) is 5.82 Å². The molecule has 0 radical (unpaired) electrons. The average molecular weight is 407 g/mol. The van der Waals surface area contributed by atoms with Crippen molar-refractivity contribution in [2.45, 2.75) is 19.4 Å². The van der Waals surface area contributed by atoms with E-state index in [0.29, 0.717) is 29.7 Å². The van der Waals surface area contributed by atoms with Gasteiger partial charge in [0.2, 0.25) is 0 Å². The number of amides is 1. The largest absolute Gasteiger partial charge is 0.379 e. The van der Waals surface area contributed by atoms with Crippen LogP contribution < -0.4 is 5.32 Å². The summed E-state index contributed by atoms with van der Waals surface area (Å²) in [5, 5.41) is 7.39. The molecule has 1 N–H and O–H groups in total. The van der Waals surface area contributed by atoms with Crippen LogP contribution in [0, 0.1) is 18.8 Å². The minimum Gasteiger partial charge on any atom is -0.379 e. The number of carbonyl (C=O) groups is 1.